The number of nitrogens with one attached hydrogen (secondary N) is 1. The van der Waals surface area contributed by atoms with Crippen LogP contribution < -0.4 is 10.2 Å². The maximum absolute atomic E-state index is 11.0. The van der Waals surface area contributed by atoms with E-state index >= 15 is 0 Å². The Labute approximate surface area is 174 Å². The zero-order valence-electron chi connectivity index (χ0n) is 16.7. The van der Waals surface area contributed by atoms with Crippen LogP contribution in [0.2, 0.25) is 0 Å². The molecule has 0 unspecified atom stereocenters. The highest BCUT2D eigenvalue weighted by Gasteiger charge is 2.17. The van der Waals surface area contributed by atoms with Gasteiger partial charge in [-0.1, -0.05) is 13.0 Å². The summed E-state index contributed by atoms with van der Waals surface area (Å²) in [7, 11) is 0. The lowest BCUT2D eigenvalue weighted by Gasteiger charge is -2.31. The van der Waals surface area contributed by atoms with Crippen LogP contribution in [0.3, 0.4) is 0 Å². The standard InChI is InChI=1S/C22H22N6O2/c1-15-6-8-27(9-7-15)22-5-2-16(14-25-22)13-24-21-10-17(12-23)19-11-18(28(29)30)3-4-20(19)26-21/h2-5,10-11,14-15H,6-9,13H2,1H3,(H,24,26). The monoisotopic (exact) mass is 402 g/mol. The molecule has 152 valence electrons. The molecule has 1 aromatic carbocycles. The lowest BCUT2D eigenvalue weighted by molar-refractivity contribution is -0.384. The van der Waals surface area contributed by atoms with Gasteiger partial charge in [-0.3, -0.25) is 10.1 Å². The van der Waals surface area contributed by atoms with Crippen molar-refractivity contribution in [1.82, 2.24) is 9.97 Å². The van der Waals surface area contributed by atoms with Crippen molar-refractivity contribution in [3.8, 4) is 6.07 Å². The minimum Gasteiger partial charge on any atom is -0.366 e. The second kappa shape index (κ2) is 8.33. The zero-order chi connectivity index (χ0) is 21.1. The Morgan fingerprint density at radius 3 is 2.73 bits per heavy atom. The molecule has 0 bridgehead atoms. The van der Waals surface area contributed by atoms with E-state index < -0.39 is 4.92 Å². The van der Waals surface area contributed by atoms with Gasteiger partial charge >= 0.3 is 0 Å². The number of benzene rings is 1. The summed E-state index contributed by atoms with van der Waals surface area (Å²) in [4.78, 5) is 21.9. The maximum Gasteiger partial charge on any atom is 0.270 e. The van der Waals surface area contributed by atoms with Gasteiger partial charge in [-0.15, -0.1) is 0 Å². The lowest BCUT2D eigenvalue weighted by Crippen LogP contribution is -2.33. The van der Waals surface area contributed by atoms with Crippen LogP contribution in [-0.4, -0.2) is 28.0 Å². The van der Waals surface area contributed by atoms with Crippen molar-refractivity contribution >= 4 is 28.2 Å². The molecule has 0 radical (unpaired) electrons. The number of rotatable bonds is 5. The molecule has 30 heavy (non-hydrogen) atoms. The molecule has 1 fully saturated rings. The molecule has 0 amide bonds. The fourth-order valence-electron chi connectivity index (χ4n) is 3.65. The summed E-state index contributed by atoms with van der Waals surface area (Å²) in [5, 5.41) is 24.1. The van der Waals surface area contributed by atoms with Crippen LogP contribution in [-0.2, 0) is 6.54 Å². The van der Waals surface area contributed by atoms with E-state index in [0.717, 1.165) is 30.4 Å². The average Bonchev–Trinajstić information content (AvgIpc) is 2.77. The van der Waals surface area contributed by atoms with Gasteiger partial charge in [-0.05, 0) is 42.5 Å². The minimum absolute atomic E-state index is 0.0594. The summed E-state index contributed by atoms with van der Waals surface area (Å²) < 4.78 is 0. The van der Waals surface area contributed by atoms with Gasteiger partial charge in [0.1, 0.15) is 11.6 Å². The van der Waals surface area contributed by atoms with E-state index in [1.807, 2.05) is 18.3 Å². The fourth-order valence-corrected chi connectivity index (χ4v) is 3.65. The molecule has 4 rings (SSSR count). The predicted molar refractivity (Wildman–Crippen MR) is 115 cm³/mol. The minimum atomic E-state index is -0.478. The molecule has 0 aliphatic carbocycles. The topological polar surface area (TPSA) is 108 Å². The molecule has 2 aromatic heterocycles. The van der Waals surface area contributed by atoms with E-state index in [1.54, 1.807) is 12.1 Å². The second-order valence-electron chi connectivity index (χ2n) is 7.67. The first kappa shape index (κ1) is 19.6. The van der Waals surface area contributed by atoms with Crippen molar-refractivity contribution in [3.05, 3.63) is 63.8 Å². The number of nitrogens with zero attached hydrogens (tertiary/aromatic N) is 5. The summed E-state index contributed by atoms with van der Waals surface area (Å²) in [6.45, 7) is 4.89. The van der Waals surface area contributed by atoms with E-state index in [0.29, 0.717) is 28.8 Å². The maximum atomic E-state index is 11.0. The molecule has 1 saturated heterocycles. The first-order chi connectivity index (χ1) is 14.5. The van der Waals surface area contributed by atoms with E-state index in [9.17, 15) is 15.4 Å². The normalized spacial score (nSPS) is 14.5. The zero-order valence-corrected chi connectivity index (χ0v) is 16.7. The molecule has 1 aliphatic heterocycles. The average molecular weight is 402 g/mol. The van der Waals surface area contributed by atoms with Gasteiger partial charge in [-0.2, -0.15) is 5.26 Å². The molecule has 3 heterocycles. The first-order valence-electron chi connectivity index (χ1n) is 9.96. The Hall–Kier alpha value is -3.73. The molecule has 8 nitrogen and oxygen atoms in total. The van der Waals surface area contributed by atoms with Crippen LogP contribution in [0.5, 0.6) is 0 Å². The number of pyridine rings is 2. The van der Waals surface area contributed by atoms with Gasteiger partial charge in [-0.25, -0.2) is 9.97 Å². The van der Waals surface area contributed by atoms with Crippen LogP contribution in [0.4, 0.5) is 17.3 Å². The number of fused-ring (bicyclic) bond motifs is 1. The Morgan fingerprint density at radius 1 is 1.27 bits per heavy atom. The molecule has 8 heteroatoms. The van der Waals surface area contributed by atoms with Crippen LogP contribution in [0.1, 0.15) is 30.9 Å². The Balaban J connectivity index is 1.47. The molecule has 0 spiro atoms. The Kier molecular flexibility index (Phi) is 5.44. The number of nitro benzene ring substituents is 1. The number of aromatic nitrogens is 2. The highest BCUT2D eigenvalue weighted by atomic mass is 16.6. The number of anilines is 2. The molecular weight excluding hydrogens is 380 g/mol. The number of hydrogen-bond donors (Lipinski definition) is 1. The molecule has 1 N–H and O–H groups in total. The molecule has 3 aromatic rings. The van der Waals surface area contributed by atoms with Crippen LogP contribution in [0.15, 0.2) is 42.6 Å². The third-order valence-electron chi connectivity index (χ3n) is 5.51. The number of non-ortho nitro benzene ring substituents is 1. The largest absolute Gasteiger partial charge is 0.366 e. The van der Waals surface area contributed by atoms with Gasteiger partial charge in [0.05, 0.1) is 22.1 Å². The van der Waals surface area contributed by atoms with Gasteiger partial charge < -0.3 is 10.2 Å². The van der Waals surface area contributed by atoms with E-state index in [4.69, 9.17) is 0 Å². The van der Waals surface area contributed by atoms with Crippen LogP contribution >= 0.6 is 0 Å². The molecule has 0 atom stereocenters. The quantitative estimate of drug-likeness (QED) is 0.502. The summed E-state index contributed by atoms with van der Waals surface area (Å²) in [5.41, 5.74) is 1.83. The highest BCUT2D eigenvalue weighted by Crippen LogP contribution is 2.25. The molecular formula is C22H22N6O2. The first-order valence-corrected chi connectivity index (χ1v) is 9.96. The van der Waals surface area contributed by atoms with Crippen LogP contribution in [0.25, 0.3) is 10.9 Å². The van der Waals surface area contributed by atoms with E-state index in [1.165, 1.54) is 25.0 Å². The van der Waals surface area contributed by atoms with Crippen molar-refractivity contribution in [2.75, 3.05) is 23.3 Å². The number of hydrogen-bond acceptors (Lipinski definition) is 7. The van der Waals surface area contributed by atoms with Crippen molar-refractivity contribution in [3.63, 3.8) is 0 Å². The number of nitriles is 1. The summed E-state index contributed by atoms with van der Waals surface area (Å²) in [6, 6.07) is 12.1. The number of nitro groups is 1. The van der Waals surface area contributed by atoms with E-state index in [2.05, 4.69) is 33.2 Å². The van der Waals surface area contributed by atoms with Gasteiger partial charge in [0.15, 0.2) is 0 Å². The Morgan fingerprint density at radius 2 is 2.07 bits per heavy atom. The summed E-state index contributed by atoms with van der Waals surface area (Å²) in [6.07, 6.45) is 4.25. The SMILES string of the molecule is CC1CCN(c2ccc(CNc3cc(C#N)c4cc([N+](=O)[O-])ccc4n3)cn2)CC1. The lowest BCUT2D eigenvalue weighted by atomic mass is 9.99. The fraction of sp³-hybridized carbons (Fsp3) is 0.318. The smallest absolute Gasteiger partial charge is 0.270 e. The van der Waals surface area contributed by atoms with Gasteiger partial charge in [0.2, 0.25) is 0 Å². The van der Waals surface area contributed by atoms with Gasteiger partial charge in [0.25, 0.3) is 5.69 Å². The highest BCUT2D eigenvalue weighted by molar-refractivity contribution is 5.88. The van der Waals surface area contributed by atoms with Crippen molar-refractivity contribution in [2.45, 2.75) is 26.3 Å². The van der Waals surface area contributed by atoms with Gasteiger partial charge in [0, 0.05) is 43.4 Å². The molecule has 1 aliphatic rings. The van der Waals surface area contributed by atoms with Crippen molar-refractivity contribution in [1.29, 1.82) is 5.26 Å². The second-order valence-corrected chi connectivity index (χ2v) is 7.67. The van der Waals surface area contributed by atoms with Crippen molar-refractivity contribution < 1.29 is 4.92 Å². The summed E-state index contributed by atoms with van der Waals surface area (Å²) >= 11 is 0. The summed E-state index contributed by atoms with van der Waals surface area (Å²) in [5.74, 6) is 2.33. The third kappa shape index (κ3) is 4.15. The predicted octanol–water partition coefficient (Wildman–Crippen LogP) is 4.26. The number of piperidine rings is 1. The van der Waals surface area contributed by atoms with E-state index in [-0.39, 0.29) is 5.69 Å². The molecule has 0 saturated carbocycles. The Bertz CT molecular complexity index is 1110. The van der Waals surface area contributed by atoms with Crippen molar-refractivity contribution in [2.24, 2.45) is 5.92 Å². The third-order valence-corrected chi connectivity index (χ3v) is 5.51. The van der Waals surface area contributed by atoms with Crippen LogP contribution in [0, 0.1) is 27.4 Å².